The second-order valence-electron chi connectivity index (χ2n) is 4.18. The molecule has 0 radical (unpaired) electrons. The van der Waals surface area contributed by atoms with E-state index in [1.54, 1.807) is 12.1 Å². The number of aryl methyl sites for hydroxylation is 1. The second kappa shape index (κ2) is 5.85. The van der Waals surface area contributed by atoms with Crippen LogP contribution in [-0.2, 0) is 6.54 Å². The first-order chi connectivity index (χ1) is 9.13. The van der Waals surface area contributed by atoms with Crippen molar-refractivity contribution in [2.75, 3.05) is 5.32 Å². The molecule has 1 N–H and O–H groups in total. The standard InChI is InChI=1S/C15H12BrFN2/c1-10-4-2-3-5-12(10)9-19-13-7-6-11(8-18)14(16)15(13)17/h2-7,19H,9H2,1H3. The highest BCUT2D eigenvalue weighted by atomic mass is 79.9. The Bertz CT molecular complexity index is 647. The monoisotopic (exact) mass is 318 g/mol. The summed E-state index contributed by atoms with van der Waals surface area (Å²) < 4.78 is 14.2. The van der Waals surface area contributed by atoms with Crippen LogP contribution < -0.4 is 5.32 Å². The van der Waals surface area contributed by atoms with Crippen LogP contribution in [0.15, 0.2) is 40.9 Å². The third-order valence-corrected chi connectivity index (χ3v) is 3.71. The molecule has 0 heterocycles. The fourth-order valence-corrected chi connectivity index (χ4v) is 2.21. The molecule has 0 atom stereocenters. The molecule has 96 valence electrons. The van der Waals surface area contributed by atoms with Gasteiger partial charge in [0.05, 0.1) is 15.7 Å². The summed E-state index contributed by atoms with van der Waals surface area (Å²) in [6.07, 6.45) is 0. The van der Waals surface area contributed by atoms with E-state index in [1.807, 2.05) is 37.3 Å². The maximum Gasteiger partial charge on any atom is 0.161 e. The Morgan fingerprint density at radius 3 is 2.68 bits per heavy atom. The minimum atomic E-state index is -0.437. The van der Waals surface area contributed by atoms with Gasteiger partial charge in [-0.2, -0.15) is 5.26 Å². The first kappa shape index (κ1) is 13.6. The highest BCUT2D eigenvalue weighted by Crippen LogP contribution is 2.27. The average Bonchev–Trinajstić information content (AvgIpc) is 2.42. The average molecular weight is 319 g/mol. The van der Waals surface area contributed by atoms with E-state index in [2.05, 4.69) is 21.2 Å². The highest BCUT2D eigenvalue weighted by Gasteiger charge is 2.10. The number of benzene rings is 2. The van der Waals surface area contributed by atoms with Crippen LogP contribution in [0, 0.1) is 24.1 Å². The molecule has 0 unspecified atom stereocenters. The number of nitriles is 1. The zero-order valence-corrected chi connectivity index (χ0v) is 12.0. The van der Waals surface area contributed by atoms with Crippen molar-refractivity contribution in [3.8, 4) is 6.07 Å². The van der Waals surface area contributed by atoms with E-state index >= 15 is 0 Å². The number of rotatable bonds is 3. The third-order valence-electron chi connectivity index (χ3n) is 2.93. The minimum absolute atomic E-state index is 0.199. The van der Waals surface area contributed by atoms with E-state index < -0.39 is 5.82 Å². The maximum absolute atomic E-state index is 14.0. The lowest BCUT2D eigenvalue weighted by Crippen LogP contribution is -2.03. The molecule has 0 spiro atoms. The van der Waals surface area contributed by atoms with Crippen molar-refractivity contribution in [1.82, 2.24) is 0 Å². The van der Waals surface area contributed by atoms with Crippen molar-refractivity contribution in [3.05, 3.63) is 63.4 Å². The van der Waals surface area contributed by atoms with Gasteiger partial charge in [0.1, 0.15) is 6.07 Å². The van der Waals surface area contributed by atoms with E-state index in [9.17, 15) is 4.39 Å². The van der Waals surface area contributed by atoms with Gasteiger partial charge in [-0.1, -0.05) is 24.3 Å². The maximum atomic E-state index is 14.0. The Labute approximate surface area is 120 Å². The summed E-state index contributed by atoms with van der Waals surface area (Å²) in [5.74, 6) is -0.437. The molecular formula is C15H12BrFN2. The van der Waals surface area contributed by atoms with Crippen LogP contribution in [-0.4, -0.2) is 0 Å². The molecule has 4 heteroatoms. The Morgan fingerprint density at radius 1 is 1.26 bits per heavy atom. The highest BCUT2D eigenvalue weighted by molar-refractivity contribution is 9.10. The third kappa shape index (κ3) is 2.94. The van der Waals surface area contributed by atoms with E-state index in [1.165, 1.54) is 0 Å². The fourth-order valence-electron chi connectivity index (χ4n) is 1.77. The number of halogens is 2. The molecule has 2 aromatic carbocycles. The molecule has 0 fully saturated rings. The zero-order valence-electron chi connectivity index (χ0n) is 10.4. The lowest BCUT2D eigenvalue weighted by Gasteiger charge is -2.11. The van der Waals surface area contributed by atoms with E-state index in [4.69, 9.17) is 5.26 Å². The zero-order chi connectivity index (χ0) is 13.8. The van der Waals surface area contributed by atoms with Crippen molar-refractivity contribution in [1.29, 1.82) is 5.26 Å². The first-order valence-corrected chi connectivity index (χ1v) is 6.59. The molecule has 0 aliphatic rings. The van der Waals surface area contributed by atoms with Crippen LogP contribution >= 0.6 is 15.9 Å². The Hall–Kier alpha value is -1.86. The van der Waals surface area contributed by atoms with Crippen LogP contribution in [0.4, 0.5) is 10.1 Å². The van der Waals surface area contributed by atoms with Gasteiger partial charge in [-0.05, 0) is 46.1 Å². The van der Waals surface area contributed by atoms with Gasteiger partial charge in [0, 0.05) is 6.54 Å². The second-order valence-corrected chi connectivity index (χ2v) is 4.97. The summed E-state index contributed by atoms with van der Waals surface area (Å²) in [6, 6.07) is 13.0. The molecule has 0 aromatic heterocycles. The van der Waals surface area contributed by atoms with Gasteiger partial charge >= 0.3 is 0 Å². The summed E-state index contributed by atoms with van der Waals surface area (Å²) in [5.41, 5.74) is 2.94. The van der Waals surface area contributed by atoms with Gasteiger partial charge in [0.2, 0.25) is 0 Å². The summed E-state index contributed by atoms with van der Waals surface area (Å²) >= 11 is 3.09. The van der Waals surface area contributed by atoms with Gasteiger partial charge in [-0.3, -0.25) is 0 Å². The predicted octanol–water partition coefficient (Wildman–Crippen LogP) is 4.38. The van der Waals surface area contributed by atoms with Crippen LogP contribution in [0.5, 0.6) is 0 Å². The van der Waals surface area contributed by atoms with Crippen LogP contribution in [0.1, 0.15) is 16.7 Å². The molecule has 0 bridgehead atoms. The number of anilines is 1. The lowest BCUT2D eigenvalue weighted by atomic mass is 10.1. The van der Waals surface area contributed by atoms with Crippen LogP contribution in [0.2, 0.25) is 0 Å². The predicted molar refractivity (Wildman–Crippen MR) is 77.3 cm³/mol. The SMILES string of the molecule is Cc1ccccc1CNc1ccc(C#N)c(Br)c1F. The largest absolute Gasteiger partial charge is 0.379 e. The van der Waals surface area contributed by atoms with Crippen molar-refractivity contribution in [2.24, 2.45) is 0 Å². The molecular weight excluding hydrogens is 307 g/mol. The molecule has 0 amide bonds. The van der Waals surface area contributed by atoms with Crippen molar-refractivity contribution >= 4 is 21.6 Å². The Morgan fingerprint density at radius 2 is 2.00 bits per heavy atom. The van der Waals surface area contributed by atoms with E-state index in [-0.39, 0.29) is 4.47 Å². The molecule has 2 aromatic rings. The van der Waals surface area contributed by atoms with Gasteiger partial charge in [0.25, 0.3) is 0 Å². The molecule has 2 rings (SSSR count). The van der Waals surface area contributed by atoms with Gasteiger partial charge in [-0.15, -0.1) is 0 Å². The van der Waals surface area contributed by atoms with Crippen LogP contribution in [0.3, 0.4) is 0 Å². The van der Waals surface area contributed by atoms with Gasteiger partial charge in [0.15, 0.2) is 5.82 Å². The summed E-state index contributed by atoms with van der Waals surface area (Å²) in [5, 5.41) is 11.9. The molecule has 0 saturated carbocycles. The topological polar surface area (TPSA) is 35.8 Å². The molecule has 2 nitrogen and oxygen atoms in total. The number of hydrogen-bond donors (Lipinski definition) is 1. The van der Waals surface area contributed by atoms with Gasteiger partial charge in [-0.25, -0.2) is 4.39 Å². The smallest absolute Gasteiger partial charge is 0.161 e. The lowest BCUT2D eigenvalue weighted by molar-refractivity contribution is 0.623. The minimum Gasteiger partial charge on any atom is -0.379 e. The molecule has 19 heavy (non-hydrogen) atoms. The van der Waals surface area contributed by atoms with Crippen LogP contribution in [0.25, 0.3) is 0 Å². The van der Waals surface area contributed by atoms with E-state index in [0.29, 0.717) is 17.8 Å². The number of nitrogens with one attached hydrogen (secondary N) is 1. The number of hydrogen-bond acceptors (Lipinski definition) is 2. The van der Waals surface area contributed by atoms with Crippen molar-refractivity contribution in [2.45, 2.75) is 13.5 Å². The van der Waals surface area contributed by atoms with Gasteiger partial charge < -0.3 is 5.32 Å². The van der Waals surface area contributed by atoms with Crippen molar-refractivity contribution in [3.63, 3.8) is 0 Å². The molecule has 0 aliphatic heterocycles. The fraction of sp³-hybridized carbons (Fsp3) is 0.133. The number of nitrogens with zero attached hydrogens (tertiary/aromatic N) is 1. The Balaban J connectivity index is 2.20. The Kier molecular flexibility index (Phi) is 4.18. The van der Waals surface area contributed by atoms with E-state index in [0.717, 1.165) is 11.1 Å². The summed E-state index contributed by atoms with van der Waals surface area (Å²) in [6.45, 7) is 2.56. The normalized spacial score (nSPS) is 10.0. The van der Waals surface area contributed by atoms with Crippen molar-refractivity contribution < 1.29 is 4.39 Å². The first-order valence-electron chi connectivity index (χ1n) is 5.80. The summed E-state index contributed by atoms with van der Waals surface area (Å²) in [4.78, 5) is 0. The molecule has 0 saturated heterocycles. The quantitative estimate of drug-likeness (QED) is 0.911. The molecule has 0 aliphatic carbocycles. The summed E-state index contributed by atoms with van der Waals surface area (Å²) in [7, 11) is 0.